The number of carbonyl (C=O) groups excluding carboxylic acids is 3. The number of amides is 1. The van der Waals surface area contributed by atoms with Crippen molar-refractivity contribution < 1.29 is 29.0 Å². The molecule has 3 N–H and O–H groups in total. The van der Waals surface area contributed by atoms with Crippen LogP contribution in [0.1, 0.15) is 66.7 Å². The molecule has 0 fully saturated rings. The van der Waals surface area contributed by atoms with E-state index in [0.29, 0.717) is 25.8 Å². The highest BCUT2D eigenvalue weighted by atomic mass is 16.5. The standard InChI is InChI=1S/C19H34N2O6/c1-13(22)18(2,3)21-14(17(26)19(4,5)27-6)9-7-8-12-20-15(23)10-11-16(24)25/h14,21H,7-12H2,1-6H3,(H,20,23)(H,24,25). The molecule has 0 saturated heterocycles. The van der Waals surface area contributed by atoms with E-state index in [1.54, 1.807) is 27.7 Å². The van der Waals surface area contributed by atoms with Gasteiger partial charge in [-0.15, -0.1) is 0 Å². The van der Waals surface area contributed by atoms with Gasteiger partial charge in [0, 0.05) is 20.1 Å². The van der Waals surface area contributed by atoms with Crippen LogP contribution in [0.3, 0.4) is 0 Å². The van der Waals surface area contributed by atoms with Gasteiger partial charge in [0.05, 0.1) is 18.0 Å². The summed E-state index contributed by atoms with van der Waals surface area (Å²) < 4.78 is 5.28. The minimum atomic E-state index is -1.01. The van der Waals surface area contributed by atoms with Crippen molar-refractivity contribution in [2.75, 3.05) is 13.7 Å². The Labute approximate surface area is 161 Å². The zero-order valence-electron chi connectivity index (χ0n) is 17.3. The summed E-state index contributed by atoms with van der Waals surface area (Å²) in [5.74, 6) is -1.51. The summed E-state index contributed by atoms with van der Waals surface area (Å²) in [6, 6.07) is -0.554. The van der Waals surface area contributed by atoms with Gasteiger partial charge in [0.1, 0.15) is 11.4 Å². The van der Waals surface area contributed by atoms with Crippen molar-refractivity contribution >= 4 is 23.4 Å². The number of hydrogen-bond acceptors (Lipinski definition) is 6. The third-order valence-corrected chi connectivity index (χ3v) is 4.64. The lowest BCUT2D eigenvalue weighted by Crippen LogP contribution is -2.57. The summed E-state index contributed by atoms with van der Waals surface area (Å²) in [6.45, 7) is 8.73. The molecule has 0 bridgehead atoms. The highest BCUT2D eigenvalue weighted by Crippen LogP contribution is 2.18. The quantitative estimate of drug-likeness (QED) is 0.386. The number of hydrogen-bond donors (Lipinski definition) is 3. The molecule has 0 aliphatic rings. The van der Waals surface area contributed by atoms with Crippen LogP contribution in [0.2, 0.25) is 0 Å². The molecule has 0 aromatic heterocycles. The van der Waals surface area contributed by atoms with Crippen molar-refractivity contribution in [3.8, 4) is 0 Å². The van der Waals surface area contributed by atoms with E-state index >= 15 is 0 Å². The van der Waals surface area contributed by atoms with Gasteiger partial charge in [0.15, 0.2) is 5.78 Å². The maximum Gasteiger partial charge on any atom is 0.303 e. The lowest BCUT2D eigenvalue weighted by Gasteiger charge is -2.33. The van der Waals surface area contributed by atoms with E-state index in [0.717, 1.165) is 0 Å². The van der Waals surface area contributed by atoms with Crippen molar-refractivity contribution in [2.24, 2.45) is 0 Å². The lowest BCUT2D eigenvalue weighted by molar-refractivity contribution is -0.140. The fraction of sp³-hybridized carbons (Fsp3) is 0.789. The molecule has 0 rings (SSSR count). The first-order chi connectivity index (χ1) is 12.3. The van der Waals surface area contributed by atoms with Crippen LogP contribution in [0.25, 0.3) is 0 Å². The van der Waals surface area contributed by atoms with Crippen LogP contribution in [0.5, 0.6) is 0 Å². The number of rotatable bonds is 14. The number of methoxy groups -OCH3 is 1. The number of ether oxygens (including phenoxy) is 1. The molecule has 8 heteroatoms. The highest BCUT2D eigenvalue weighted by Gasteiger charge is 2.37. The fourth-order valence-electron chi connectivity index (χ4n) is 2.34. The van der Waals surface area contributed by atoms with E-state index in [2.05, 4.69) is 10.6 Å². The Balaban J connectivity index is 4.65. The van der Waals surface area contributed by atoms with Gasteiger partial charge in [-0.05, 0) is 53.9 Å². The van der Waals surface area contributed by atoms with E-state index < -0.39 is 23.2 Å². The van der Waals surface area contributed by atoms with Gasteiger partial charge in [-0.3, -0.25) is 24.5 Å². The monoisotopic (exact) mass is 386 g/mol. The van der Waals surface area contributed by atoms with E-state index in [-0.39, 0.29) is 30.3 Å². The highest BCUT2D eigenvalue weighted by molar-refractivity contribution is 5.93. The van der Waals surface area contributed by atoms with Crippen LogP contribution < -0.4 is 10.6 Å². The Morgan fingerprint density at radius 3 is 2.11 bits per heavy atom. The van der Waals surface area contributed by atoms with E-state index in [1.165, 1.54) is 14.0 Å². The molecule has 0 radical (unpaired) electrons. The summed E-state index contributed by atoms with van der Waals surface area (Å²) in [7, 11) is 1.47. The van der Waals surface area contributed by atoms with Gasteiger partial charge in [0.2, 0.25) is 5.91 Å². The second-order valence-corrected chi connectivity index (χ2v) is 7.70. The van der Waals surface area contributed by atoms with Crippen molar-refractivity contribution in [3.63, 3.8) is 0 Å². The fourth-order valence-corrected chi connectivity index (χ4v) is 2.34. The van der Waals surface area contributed by atoms with Crippen LogP contribution in [0.4, 0.5) is 0 Å². The molecule has 0 aliphatic heterocycles. The normalized spacial score (nSPS) is 13.1. The predicted octanol–water partition coefficient (Wildman–Crippen LogP) is 1.46. The van der Waals surface area contributed by atoms with E-state index in [4.69, 9.17) is 9.84 Å². The Morgan fingerprint density at radius 1 is 1.04 bits per heavy atom. The van der Waals surface area contributed by atoms with Gasteiger partial charge in [-0.25, -0.2) is 0 Å². The zero-order valence-corrected chi connectivity index (χ0v) is 17.3. The number of aliphatic carboxylic acids is 1. The zero-order chi connectivity index (χ0) is 21.3. The summed E-state index contributed by atoms with van der Waals surface area (Å²) in [6.07, 6.45) is 1.54. The molecule has 156 valence electrons. The van der Waals surface area contributed by atoms with Crippen molar-refractivity contribution in [1.29, 1.82) is 0 Å². The number of Topliss-reactive ketones (excluding diaryl/α,β-unsaturated/α-hetero) is 2. The molecule has 1 atom stereocenters. The smallest absolute Gasteiger partial charge is 0.303 e. The van der Waals surface area contributed by atoms with E-state index in [9.17, 15) is 19.2 Å². The van der Waals surface area contributed by atoms with Crippen molar-refractivity contribution in [2.45, 2.75) is 83.9 Å². The number of ketones is 2. The Morgan fingerprint density at radius 2 is 1.63 bits per heavy atom. The maximum absolute atomic E-state index is 12.8. The molecule has 8 nitrogen and oxygen atoms in total. The Hall–Kier alpha value is -1.80. The predicted molar refractivity (Wildman–Crippen MR) is 102 cm³/mol. The van der Waals surface area contributed by atoms with Gasteiger partial charge >= 0.3 is 5.97 Å². The average molecular weight is 386 g/mol. The van der Waals surface area contributed by atoms with Crippen LogP contribution in [0, 0.1) is 0 Å². The molecule has 27 heavy (non-hydrogen) atoms. The minimum Gasteiger partial charge on any atom is -0.481 e. The number of carbonyl (C=O) groups is 4. The third kappa shape index (κ3) is 9.63. The Bertz CT molecular complexity index is 542. The molecule has 0 heterocycles. The third-order valence-electron chi connectivity index (χ3n) is 4.64. The molecule has 1 unspecified atom stereocenters. The molecular weight excluding hydrogens is 352 g/mol. The lowest BCUT2D eigenvalue weighted by atomic mass is 9.90. The molecule has 0 saturated carbocycles. The van der Waals surface area contributed by atoms with Crippen LogP contribution >= 0.6 is 0 Å². The summed E-state index contributed by atoms with van der Waals surface area (Å²) in [5.41, 5.74) is -1.81. The maximum atomic E-state index is 12.8. The number of carboxylic acids is 1. The summed E-state index contributed by atoms with van der Waals surface area (Å²) in [5, 5.41) is 14.3. The molecule has 0 aromatic rings. The molecule has 0 spiro atoms. The van der Waals surface area contributed by atoms with Crippen molar-refractivity contribution in [3.05, 3.63) is 0 Å². The number of nitrogens with one attached hydrogen (secondary N) is 2. The average Bonchev–Trinajstić information content (AvgIpc) is 2.57. The largest absolute Gasteiger partial charge is 0.481 e. The second-order valence-electron chi connectivity index (χ2n) is 7.70. The minimum absolute atomic E-state index is 0.0488. The van der Waals surface area contributed by atoms with Gasteiger partial charge in [-0.1, -0.05) is 0 Å². The van der Waals surface area contributed by atoms with Gasteiger partial charge < -0.3 is 15.2 Å². The number of carboxylic acid groups (broad SMARTS) is 1. The molecule has 0 aliphatic carbocycles. The molecule has 0 aromatic carbocycles. The molecule has 1 amide bonds. The SMILES string of the molecule is COC(C)(C)C(=O)C(CCCCNC(=O)CCC(=O)O)NC(C)(C)C(C)=O. The topological polar surface area (TPSA) is 122 Å². The first-order valence-electron chi connectivity index (χ1n) is 9.20. The summed E-state index contributed by atoms with van der Waals surface area (Å²) in [4.78, 5) is 46.5. The summed E-state index contributed by atoms with van der Waals surface area (Å²) >= 11 is 0. The van der Waals surface area contributed by atoms with Crippen LogP contribution in [0.15, 0.2) is 0 Å². The first kappa shape index (κ1) is 25.2. The Kier molecular flexibility index (Phi) is 10.4. The van der Waals surface area contributed by atoms with Crippen LogP contribution in [-0.2, 0) is 23.9 Å². The van der Waals surface area contributed by atoms with Gasteiger partial charge in [-0.2, -0.15) is 0 Å². The second kappa shape index (κ2) is 11.1. The number of unbranched alkanes of at least 4 members (excludes halogenated alkanes) is 1. The first-order valence-corrected chi connectivity index (χ1v) is 9.20. The molecular formula is C19H34N2O6. The van der Waals surface area contributed by atoms with Crippen molar-refractivity contribution in [1.82, 2.24) is 10.6 Å². The van der Waals surface area contributed by atoms with Crippen LogP contribution in [-0.4, -0.2) is 59.4 Å². The van der Waals surface area contributed by atoms with E-state index in [1.807, 2.05) is 0 Å². The van der Waals surface area contributed by atoms with Gasteiger partial charge in [0.25, 0.3) is 0 Å².